The van der Waals surface area contributed by atoms with Gasteiger partial charge in [0.05, 0.1) is 6.10 Å². The van der Waals surface area contributed by atoms with Gasteiger partial charge in [-0.3, -0.25) is 14.4 Å². The topological polar surface area (TPSA) is 87.7 Å². The maximum atomic E-state index is 13.4. The van der Waals surface area contributed by atoms with Crippen molar-refractivity contribution in [1.82, 2.24) is 15.5 Å². The summed E-state index contributed by atoms with van der Waals surface area (Å²) < 4.78 is 5.77. The van der Waals surface area contributed by atoms with Gasteiger partial charge in [-0.15, -0.1) is 0 Å². The summed E-state index contributed by atoms with van der Waals surface area (Å²) in [6.07, 6.45) is 8.70. The Labute approximate surface area is 167 Å². The fourth-order valence-electron chi connectivity index (χ4n) is 4.58. The van der Waals surface area contributed by atoms with Gasteiger partial charge in [-0.2, -0.15) is 0 Å². The number of nitrogens with one attached hydrogen (secondary N) is 2. The third-order valence-corrected chi connectivity index (χ3v) is 6.68. The summed E-state index contributed by atoms with van der Waals surface area (Å²) >= 11 is 0. The van der Waals surface area contributed by atoms with Crippen molar-refractivity contribution in [3.63, 3.8) is 0 Å². The Balaban J connectivity index is 1.78. The van der Waals surface area contributed by atoms with Crippen LogP contribution < -0.4 is 10.6 Å². The highest BCUT2D eigenvalue weighted by atomic mass is 16.5. The van der Waals surface area contributed by atoms with Gasteiger partial charge in [-0.1, -0.05) is 26.2 Å². The number of nitrogens with zero attached hydrogens (tertiary/aromatic N) is 1. The fraction of sp³-hybridized carbons (Fsp3) is 0.857. The van der Waals surface area contributed by atoms with Gasteiger partial charge >= 0.3 is 0 Å². The van der Waals surface area contributed by atoms with E-state index in [4.69, 9.17) is 4.74 Å². The second-order valence-corrected chi connectivity index (χ2v) is 8.68. The van der Waals surface area contributed by atoms with E-state index in [-0.39, 0.29) is 29.9 Å². The molecule has 2 saturated heterocycles. The Bertz CT molecular complexity index is 584. The average Bonchev–Trinajstić information content (AvgIpc) is 3.37. The summed E-state index contributed by atoms with van der Waals surface area (Å²) in [5, 5.41) is 5.98. The molecule has 0 radical (unpaired) electrons. The van der Waals surface area contributed by atoms with Crippen LogP contribution in [0.2, 0.25) is 0 Å². The van der Waals surface area contributed by atoms with Crippen LogP contribution in [-0.2, 0) is 19.1 Å². The minimum Gasteiger partial charge on any atom is -0.376 e. The molecule has 0 aromatic heterocycles. The molecule has 2 N–H and O–H groups in total. The average molecular weight is 394 g/mol. The van der Waals surface area contributed by atoms with Crippen molar-refractivity contribution in [2.24, 2.45) is 0 Å². The molecule has 3 amide bonds. The smallest absolute Gasteiger partial charge is 0.246 e. The second kappa shape index (κ2) is 9.25. The largest absolute Gasteiger partial charge is 0.376 e. The molecule has 3 aliphatic rings. The molecule has 28 heavy (non-hydrogen) atoms. The number of hydrogen-bond donors (Lipinski definition) is 2. The Morgan fingerprint density at radius 2 is 1.93 bits per heavy atom. The predicted molar refractivity (Wildman–Crippen MR) is 106 cm³/mol. The Kier molecular flexibility index (Phi) is 6.96. The molecule has 3 atom stereocenters. The highest BCUT2D eigenvalue weighted by molar-refractivity contribution is 5.96. The number of rotatable bonds is 7. The van der Waals surface area contributed by atoms with Crippen LogP contribution in [0.25, 0.3) is 0 Å². The van der Waals surface area contributed by atoms with Crippen LogP contribution in [0.4, 0.5) is 0 Å². The maximum absolute atomic E-state index is 13.4. The number of carbonyl (C=O) groups excluding carboxylic acids is 3. The van der Waals surface area contributed by atoms with Gasteiger partial charge in [0.1, 0.15) is 11.6 Å². The Morgan fingerprint density at radius 3 is 2.50 bits per heavy atom. The molecule has 3 fully saturated rings. The SMILES string of the molecule is CC[C@](C)(C(=O)NC1CCCCC1)N(C[C@H]1CCCO1)C(=O)[C@H]1CCC(=O)N1. The molecule has 7 nitrogen and oxygen atoms in total. The van der Waals surface area contributed by atoms with Crippen LogP contribution in [0, 0.1) is 0 Å². The molecular formula is C21H35N3O4. The summed E-state index contributed by atoms with van der Waals surface area (Å²) in [6.45, 7) is 4.90. The minimum absolute atomic E-state index is 0.0468. The minimum atomic E-state index is -0.951. The van der Waals surface area contributed by atoms with E-state index in [2.05, 4.69) is 10.6 Å². The van der Waals surface area contributed by atoms with Gasteiger partial charge in [0.2, 0.25) is 17.7 Å². The van der Waals surface area contributed by atoms with E-state index in [1.807, 2.05) is 13.8 Å². The van der Waals surface area contributed by atoms with E-state index < -0.39 is 11.6 Å². The summed E-state index contributed by atoms with van der Waals surface area (Å²) in [5.41, 5.74) is -0.951. The lowest BCUT2D eigenvalue weighted by Gasteiger charge is -2.42. The molecule has 3 rings (SSSR count). The summed E-state index contributed by atoms with van der Waals surface area (Å²) in [5.74, 6) is -0.345. The predicted octanol–water partition coefficient (Wildman–Crippen LogP) is 1.89. The first-order chi connectivity index (χ1) is 13.4. The van der Waals surface area contributed by atoms with Crippen LogP contribution in [0.1, 0.15) is 78.1 Å². The van der Waals surface area contributed by atoms with Crippen molar-refractivity contribution in [3.05, 3.63) is 0 Å². The zero-order valence-electron chi connectivity index (χ0n) is 17.3. The van der Waals surface area contributed by atoms with E-state index in [1.54, 1.807) is 4.90 Å². The Morgan fingerprint density at radius 1 is 1.18 bits per heavy atom. The van der Waals surface area contributed by atoms with E-state index in [1.165, 1.54) is 6.42 Å². The van der Waals surface area contributed by atoms with Crippen molar-refractivity contribution in [2.45, 2.75) is 102 Å². The monoisotopic (exact) mass is 393 g/mol. The zero-order chi connectivity index (χ0) is 20.1. The quantitative estimate of drug-likeness (QED) is 0.691. The first kappa shape index (κ1) is 21.1. The summed E-state index contributed by atoms with van der Waals surface area (Å²) in [6, 6.07) is -0.347. The second-order valence-electron chi connectivity index (χ2n) is 8.68. The molecular weight excluding hydrogens is 358 g/mol. The van der Waals surface area contributed by atoms with Crippen LogP contribution in [0.15, 0.2) is 0 Å². The van der Waals surface area contributed by atoms with Crippen LogP contribution in [0.5, 0.6) is 0 Å². The van der Waals surface area contributed by atoms with E-state index in [9.17, 15) is 14.4 Å². The molecule has 2 aliphatic heterocycles. The summed E-state index contributed by atoms with van der Waals surface area (Å²) in [7, 11) is 0. The molecule has 0 bridgehead atoms. The molecule has 0 aromatic rings. The van der Waals surface area contributed by atoms with Crippen LogP contribution >= 0.6 is 0 Å². The van der Waals surface area contributed by atoms with Crippen molar-refractivity contribution in [3.8, 4) is 0 Å². The van der Waals surface area contributed by atoms with Gasteiger partial charge in [-0.05, 0) is 45.4 Å². The van der Waals surface area contributed by atoms with Gasteiger partial charge in [0.25, 0.3) is 0 Å². The Hall–Kier alpha value is -1.63. The summed E-state index contributed by atoms with van der Waals surface area (Å²) in [4.78, 5) is 40.0. The lowest BCUT2D eigenvalue weighted by molar-refractivity contribution is -0.151. The third-order valence-electron chi connectivity index (χ3n) is 6.68. The number of carbonyl (C=O) groups is 3. The van der Waals surface area contributed by atoms with Crippen molar-refractivity contribution in [1.29, 1.82) is 0 Å². The molecule has 0 unspecified atom stereocenters. The first-order valence-electron chi connectivity index (χ1n) is 11.0. The van der Waals surface area contributed by atoms with Crippen molar-refractivity contribution < 1.29 is 19.1 Å². The first-order valence-corrected chi connectivity index (χ1v) is 11.0. The van der Waals surface area contributed by atoms with Crippen molar-refractivity contribution >= 4 is 17.7 Å². The highest BCUT2D eigenvalue weighted by Crippen LogP contribution is 2.27. The van der Waals surface area contributed by atoms with E-state index >= 15 is 0 Å². The normalized spacial score (nSPS) is 27.9. The third kappa shape index (κ3) is 4.67. The van der Waals surface area contributed by atoms with Gasteiger partial charge in [0.15, 0.2) is 0 Å². The van der Waals surface area contributed by atoms with Crippen LogP contribution in [0.3, 0.4) is 0 Å². The molecule has 0 aromatic carbocycles. The number of hydrogen-bond acceptors (Lipinski definition) is 4. The zero-order valence-corrected chi connectivity index (χ0v) is 17.3. The van der Waals surface area contributed by atoms with Crippen LogP contribution in [-0.4, -0.2) is 59.5 Å². The molecule has 1 saturated carbocycles. The van der Waals surface area contributed by atoms with E-state index in [0.29, 0.717) is 32.4 Å². The van der Waals surface area contributed by atoms with Gasteiger partial charge in [-0.25, -0.2) is 0 Å². The standard InChI is InChI=1S/C21H35N3O4/c1-3-21(2,20(27)22-15-8-5-4-6-9-15)24(14-16-10-7-13-28-16)19(26)17-11-12-18(25)23-17/h15-17H,3-14H2,1-2H3,(H,22,27)(H,23,25)/t16-,17-,21-/m1/s1. The lowest BCUT2D eigenvalue weighted by atomic mass is 9.90. The molecule has 0 spiro atoms. The molecule has 2 heterocycles. The van der Waals surface area contributed by atoms with Gasteiger partial charge in [0, 0.05) is 25.6 Å². The number of ether oxygens (including phenoxy) is 1. The molecule has 158 valence electrons. The van der Waals surface area contributed by atoms with Crippen molar-refractivity contribution in [2.75, 3.05) is 13.2 Å². The molecule has 7 heteroatoms. The lowest BCUT2D eigenvalue weighted by Crippen LogP contribution is -2.64. The molecule has 1 aliphatic carbocycles. The number of amides is 3. The van der Waals surface area contributed by atoms with Gasteiger partial charge < -0.3 is 20.3 Å². The fourth-order valence-corrected chi connectivity index (χ4v) is 4.58. The highest BCUT2D eigenvalue weighted by Gasteiger charge is 2.45. The maximum Gasteiger partial charge on any atom is 0.246 e. The van der Waals surface area contributed by atoms with E-state index in [0.717, 1.165) is 38.5 Å².